The Bertz CT molecular complexity index is 2540. The van der Waals surface area contributed by atoms with Crippen LogP contribution < -0.4 is 0 Å². The molecule has 1 radical (unpaired) electrons. The topological polar surface area (TPSA) is 46.5 Å². The minimum atomic E-state index is 0. The number of nitrogens with zero attached hydrogens (tertiary/aromatic N) is 3. The van der Waals surface area contributed by atoms with Crippen molar-refractivity contribution in [2.75, 3.05) is 0 Å². The molecule has 0 atom stereocenters. The number of aromatic amines is 1. The van der Waals surface area contributed by atoms with Gasteiger partial charge in [-0.15, -0.1) is 0 Å². The SMILES string of the molecule is C1=Cc2cc3c(-c4ccccc4)c(-c4ccccc4)c(c(-c4ccccc4)c4nc(cc5ccc(cc1n2)[nH]5)C=C4)n3-c1ccccc1.[F].[Pt]. The molecule has 6 heteroatoms. The number of H-pyrrole nitrogens is 1. The van der Waals surface area contributed by atoms with Crippen molar-refractivity contribution in [2.24, 2.45) is 0 Å². The fourth-order valence-electron chi connectivity index (χ4n) is 6.81. The van der Waals surface area contributed by atoms with Crippen LogP contribution in [0.1, 0.15) is 22.8 Å². The minimum Gasteiger partial charge on any atom is -0.355 e. The Labute approximate surface area is 303 Å². The van der Waals surface area contributed by atoms with E-state index in [0.29, 0.717) is 0 Å². The third-order valence-electron chi connectivity index (χ3n) is 8.87. The molecule has 0 saturated carbocycles. The Morgan fingerprint density at radius 1 is 0.440 bits per heavy atom. The molecule has 0 fully saturated rings. The Hall–Kier alpha value is -5.90. The second-order valence-electron chi connectivity index (χ2n) is 12.0. The molecule has 0 aliphatic carbocycles. The number of aromatic nitrogens is 4. The quantitative estimate of drug-likeness (QED) is 0.192. The van der Waals surface area contributed by atoms with E-state index < -0.39 is 0 Å². The average molecular weight is 829 g/mol. The van der Waals surface area contributed by atoms with Gasteiger partial charge in [-0.2, -0.15) is 0 Å². The van der Waals surface area contributed by atoms with Crippen LogP contribution in [0.2, 0.25) is 0 Å². The van der Waals surface area contributed by atoms with E-state index in [2.05, 4.69) is 186 Å². The summed E-state index contributed by atoms with van der Waals surface area (Å²) in [5, 5.41) is 0. The second kappa shape index (κ2) is 13.9. The van der Waals surface area contributed by atoms with Gasteiger partial charge in [0, 0.05) is 59.2 Å². The third-order valence-corrected chi connectivity index (χ3v) is 8.87. The van der Waals surface area contributed by atoms with Gasteiger partial charge in [-0.25, -0.2) is 9.97 Å². The summed E-state index contributed by atoms with van der Waals surface area (Å²) in [7, 11) is 0. The summed E-state index contributed by atoms with van der Waals surface area (Å²) >= 11 is 0. The van der Waals surface area contributed by atoms with Crippen molar-refractivity contribution in [3.8, 4) is 39.1 Å². The van der Waals surface area contributed by atoms with Crippen molar-refractivity contribution in [1.82, 2.24) is 19.5 Å². The standard InChI is InChI=1S/C44H30N4.F.Pt/c1-5-13-30(14-6-1)41-39-26-25-36(47-39)28-35-22-21-33(45-35)27-34-23-24-37(46-34)29-40-42(31-15-7-2-8-16-31)43(32-17-9-3-10-18-32)44(41)48(40)38-19-11-4-12-20-38;;/h1-29,45H;;. The number of para-hydroxylation sites is 1. The van der Waals surface area contributed by atoms with Crippen LogP contribution in [0.3, 0.4) is 0 Å². The van der Waals surface area contributed by atoms with Gasteiger partial charge in [0.15, 0.2) is 0 Å². The molecule has 0 unspecified atom stereocenters. The zero-order valence-corrected chi connectivity index (χ0v) is 29.1. The van der Waals surface area contributed by atoms with E-state index in [1.165, 1.54) is 0 Å². The van der Waals surface area contributed by atoms with E-state index in [1.807, 2.05) is 0 Å². The van der Waals surface area contributed by atoms with Crippen LogP contribution in [0.5, 0.6) is 0 Å². The molecule has 4 nitrogen and oxygen atoms in total. The van der Waals surface area contributed by atoms with Crippen LogP contribution in [0.4, 0.5) is 4.70 Å². The van der Waals surface area contributed by atoms with Gasteiger partial charge >= 0.3 is 0 Å². The predicted molar refractivity (Wildman–Crippen MR) is 201 cm³/mol. The van der Waals surface area contributed by atoms with Gasteiger partial charge in [0.25, 0.3) is 0 Å². The normalized spacial score (nSPS) is 11.5. The molecule has 9 rings (SSSR count). The van der Waals surface area contributed by atoms with E-state index in [1.54, 1.807) is 0 Å². The fraction of sp³-hybridized carbons (Fsp3) is 0. The van der Waals surface area contributed by atoms with Crippen molar-refractivity contribution in [2.45, 2.75) is 0 Å². The largest absolute Gasteiger partial charge is 0.355 e. The molecule has 5 heterocycles. The van der Waals surface area contributed by atoms with E-state index >= 15 is 0 Å². The van der Waals surface area contributed by atoms with Gasteiger partial charge < -0.3 is 9.55 Å². The third kappa shape index (κ3) is 5.97. The van der Waals surface area contributed by atoms with Crippen LogP contribution in [-0.4, -0.2) is 19.5 Å². The summed E-state index contributed by atoms with van der Waals surface area (Å²) in [6.45, 7) is 0. The number of benzene rings is 4. The Morgan fingerprint density at radius 2 is 0.900 bits per heavy atom. The Morgan fingerprint density at radius 3 is 1.48 bits per heavy atom. The fourth-order valence-corrected chi connectivity index (χ4v) is 6.81. The first-order valence-electron chi connectivity index (χ1n) is 16.2. The molecular formula is C44H30FN4Pt. The number of hydrogen-bond acceptors (Lipinski definition) is 2. The molecule has 50 heavy (non-hydrogen) atoms. The first-order valence-corrected chi connectivity index (χ1v) is 16.2. The van der Waals surface area contributed by atoms with Crippen molar-refractivity contribution in [1.29, 1.82) is 0 Å². The van der Waals surface area contributed by atoms with Gasteiger partial charge in [-0.05, 0) is 83.5 Å². The first-order chi connectivity index (χ1) is 23.8. The maximum Gasteiger partial charge on any atom is 0.0737 e. The van der Waals surface area contributed by atoms with Crippen molar-refractivity contribution in [3.05, 3.63) is 174 Å². The molecule has 2 aliphatic rings. The smallest absolute Gasteiger partial charge is 0.0737 e. The summed E-state index contributed by atoms with van der Waals surface area (Å²) in [4.78, 5) is 13.9. The predicted octanol–water partition coefficient (Wildman–Crippen LogP) is 11.5. The monoisotopic (exact) mass is 828 g/mol. The molecule has 243 valence electrons. The summed E-state index contributed by atoms with van der Waals surface area (Å²) in [5.74, 6) is 0. The van der Waals surface area contributed by atoms with Crippen molar-refractivity contribution >= 4 is 46.4 Å². The molecule has 2 aliphatic heterocycles. The number of hydrogen-bond donors (Lipinski definition) is 1. The summed E-state index contributed by atoms with van der Waals surface area (Å²) in [6, 6.07) is 53.3. The van der Waals surface area contributed by atoms with Gasteiger partial charge in [-0.1, -0.05) is 109 Å². The van der Waals surface area contributed by atoms with Gasteiger partial charge in [0.2, 0.25) is 0 Å². The van der Waals surface area contributed by atoms with E-state index in [-0.39, 0.29) is 25.8 Å². The Balaban J connectivity index is 0.00000196. The zero-order valence-electron chi connectivity index (χ0n) is 26.8. The summed E-state index contributed by atoms with van der Waals surface area (Å²) in [6.07, 6.45) is 8.44. The number of rotatable bonds is 4. The van der Waals surface area contributed by atoms with Crippen molar-refractivity contribution in [3.63, 3.8) is 0 Å². The Kier molecular flexibility index (Phi) is 9.08. The van der Waals surface area contributed by atoms with Crippen molar-refractivity contribution < 1.29 is 25.8 Å². The van der Waals surface area contributed by atoms with Gasteiger partial charge in [0.05, 0.1) is 33.8 Å². The maximum atomic E-state index is 5.29. The van der Waals surface area contributed by atoms with Gasteiger partial charge in [-0.3, -0.25) is 0 Å². The number of halogens is 1. The molecule has 8 bridgehead atoms. The zero-order chi connectivity index (χ0) is 31.9. The van der Waals surface area contributed by atoms with E-state index in [4.69, 9.17) is 9.97 Å². The minimum absolute atomic E-state index is 0. The first kappa shape index (κ1) is 32.6. The molecule has 1 N–H and O–H groups in total. The van der Waals surface area contributed by atoms with E-state index in [9.17, 15) is 0 Å². The second-order valence-corrected chi connectivity index (χ2v) is 12.0. The molecule has 0 amide bonds. The molecule has 4 aromatic carbocycles. The van der Waals surface area contributed by atoms with Crippen LogP contribution >= 0.6 is 0 Å². The molecular weight excluding hydrogens is 799 g/mol. The van der Waals surface area contributed by atoms with Crippen LogP contribution in [0.25, 0.3) is 85.4 Å². The molecule has 0 saturated heterocycles. The summed E-state index contributed by atoms with van der Waals surface area (Å²) < 4.78 is 2.41. The number of nitrogens with one attached hydrogen (secondary N) is 1. The average Bonchev–Trinajstić information content (AvgIpc) is 3.95. The summed E-state index contributed by atoms with van der Waals surface area (Å²) in [5.41, 5.74) is 15.4. The van der Waals surface area contributed by atoms with E-state index in [0.717, 1.165) is 83.9 Å². The van der Waals surface area contributed by atoms with Crippen LogP contribution in [0.15, 0.2) is 152 Å². The maximum absolute atomic E-state index is 5.29. The molecule has 3 aromatic heterocycles. The molecule has 0 spiro atoms. The molecule has 7 aromatic rings. The number of fused-ring (bicyclic) bond motifs is 8. The van der Waals surface area contributed by atoms with Crippen LogP contribution in [-0.2, 0) is 21.1 Å². The van der Waals surface area contributed by atoms with Crippen LogP contribution in [0, 0.1) is 0 Å². The van der Waals surface area contributed by atoms with Gasteiger partial charge in [0.1, 0.15) is 0 Å².